The van der Waals surface area contributed by atoms with E-state index in [0.717, 1.165) is 30.0 Å². The summed E-state index contributed by atoms with van der Waals surface area (Å²) in [5.41, 5.74) is 1.37. The fourth-order valence-corrected chi connectivity index (χ4v) is 2.96. The number of piperazine rings is 1. The molecule has 100 valence electrons. The Hall–Kier alpha value is -0.0900. The molecule has 0 radical (unpaired) electrons. The molecular weight excluding hydrogens is 312 g/mol. The van der Waals surface area contributed by atoms with Crippen LogP contribution in [-0.2, 0) is 0 Å². The maximum Gasteiger partial charge on any atom is 0.0473 e. The predicted molar refractivity (Wildman–Crippen MR) is 81.7 cm³/mol. The number of hydrogen-bond donors (Lipinski definition) is 1. The van der Waals surface area contributed by atoms with Crippen LogP contribution in [0, 0.1) is 0 Å². The van der Waals surface area contributed by atoms with Crippen molar-refractivity contribution in [3.05, 3.63) is 34.9 Å². The molecule has 1 aromatic carbocycles. The van der Waals surface area contributed by atoms with Crippen molar-refractivity contribution in [3.63, 3.8) is 0 Å². The normalized spacial score (nSPS) is 21.1. The number of hydrogen-bond acceptors (Lipinski definition) is 2. The van der Waals surface area contributed by atoms with Gasteiger partial charge in [-0.05, 0) is 37.1 Å². The second-order valence-electron chi connectivity index (χ2n) is 4.70. The van der Waals surface area contributed by atoms with Gasteiger partial charge in [-0.2, -0.15) is 0 Å². The van der Waals surface area contributed by atoms with Gasteiger partial charge in [0, 0.05) is 36.0 Å². The largest absolute Gasteiger partial charge is 0.314 e. The molecule has 2 rings (SSSR count). The number of unbranched alkanes of at least 4 members (excludes halogenated alkanes) is 1. The first-order chi connectivity index (χ1) is 8.81. The fraction of sp³-hybridized carbons (Fsp3) is 0.571. The van der Waals surface area contributed by atoms with Gasteiger partial charge in [0.15, 0.2) is 0 Å². The molecule has 0 spiro atoms. The molecule has 1 aromatic rings. The van der Waals surface area contributed by atoms with Gasteiger partial charge in [-0.1, -0.05) is 39.7 Å². The third kappa shape index (κ3) is 3.95. The molecule has 1 atom stereocenters. The van der Waals surface area contributed by atoms with Crippen LogP contribution in [0.4, 0.5) is 0 Å². The summed E-state index contributed by atoms with van der Waals surface area (Å²) < 4.78 is 0. The Morgan fingerprint density at radius 1 is 1.28 bits per heavy atom. The van der Waals surface area contributed by atoms with Gasteiger partial charge in [0.2, 0.25) is 0 Å². The molecule has 18 heavy (non-hydrogen) atoms. The molecule has 1 unspecified atom stereocenters. The second kappa shape index (κ2) is 7.49. The zero-order valence-electron chi connectivity index (χ0n) is 10.5. The number of rotatable bonds is 5. The zero-order chi connectivity index (χ0) is 12.8. The van der Waals surface area contributed by atoms with E-state index in [0.29, 0.717) is 6.04 Å². The second-order valence-corrected chi connectivity index (χ2v) is 5.93. The van der Waals surface area contributed by atoms with Crippen molar-refractivity contribution in [1.29, 1.82) is 0 Å². The van der Waals surface area contributed by atoms with Gasteiger partial charge in [-0.25, -0.2) is 0 Å². The van der Waals surface area contributed by atoms with Gasteiger partial charge in [0.25, 0.3) is 0 Å². The molecule has 0 aromatic heterocycles. The van der Waals surface area contributed by atoms with E-state index in [1.807, 2.05) is 12.1 Å². The quantitative estimate of drug-likeness (QED) is 0.656. The third-order valence-corrected chi connectivity index (χ3v) is 4.25. The van der Waals surface area contributed by atoms with Gasteiger partial charge >= 0.3 is 0 Å². The number of nitrogens with zero attached hydrogens (tertiary/aromatic N) is 1. The van der Waals surface area contributed by atoms with E-state index in [2.05, 4.69) is 38.3 Å². The van der Waals surface area contributed by atoms with E-state index in [9.17, 15) is 0 Å². The third-order valence-electron chi connectivity index (χ3n) is 3.44. The predicted octanol–water partition coefficient (Wildman–Crippen LogP) is 3.46. The Morgan fingerprint density at radius 3 is 2.78 bits per heavy atom. The first kappa shape index (κ1) is 14.3. The monoisotopic (exact) mass is 330 g/mol. The lowest BCUT2D eigenvalue weighted by Crippen LogP contribution is -2.46. The van der Waals surface area contributed by atoms with Gasteiger partial charge < -0.3 is 5.32 Å². The van der Waals surface area contributed by atoms with Crippen LogP contribution in [0.25, 0.3) is 0 Å². The van der Waals surface area contributed by atoms with Crippen molar-refractivity contribution in [1.82, 2.24) is 10.2 Å². The molecule has 0 aliphatic carbocycles. The number of alkyl halides is 1. The molecule has 1 aliphatic rings. The number of nitrogens with one attached hydrogen (secondary N) is 1. The summed E-state index contributed by atoms with van der Waals surface area (Å²) in [5.74, 6) is 0. The van der Waals surface area contributed by atoms with E-state index in [4.69, 9.17) is 11.6 Å². The lowest BCUT2D eigenvalue weighted by atomic mass is 10.0. The van der Waals surface area contributed by atoms with Crippen LogP contribution in [0.3, 0.4) is 0 Å². The van der Waals surface area contributed by atoms with Crippen LogP contribution >= 0.6 is 27.5 Å². The van der Waals surface area contributed by atoms with Crippen LogP contribution in [0.5, 0.6) is 0 Å². The Balaban J connectivity index is 2.00. The molecule has 4 heteroatoms. The fourth-order valence-electron chi connectivity index (χ4n) is 2.44. The smallest absolute Gasteiger partial charge is 0.0473 e. The molecule has 1 heterocycles. The van der Waals surface area contributed by atoms with Crippen LogP contribution in [-0.4, -0.2) is 36.4 Å². The van der Waals surface area contributed by atoms with E-state index in [-0.39, 0.29) is 0 Å². The first-order valence-corrected chi connectivity index (χ1v) is 8.07. The SMILES string of the molecule is Clc1ccc(C2CNCCN2CCCCBr)cc1. The lowest BCUT2D eigenvalue weighted by Gasteiger charge is -2.36. The summed E-state index contributed by atoms with van der Waals surface area (Å²) in [6.45, 7) is 4.45. The summed E-state index contributed by atoms with van der Waals surface area (Å²) in [7, 11) is 0. The van der Waals surface area contributed by atoms with E-state index >= 15 is 0 Å². The summed E-state index contributed by atoms with van der Waals surface area (Å²) in [6.07, 6.45) is 2.51. The Morgan fingerprint density at radius 2 is 2.06 bits per heavy atom. The minimum Gasteiger partial charge on any atom is -0.314 e. The number of halogens is 2. The Kier molecular flexibility index (Phi) is 5.96. The first-order valence-electron chi connectivity index (χ1n) is 6.57. The zero-order valence-corrected chi connectivity index (χ0v) is 12.9. The molecular formula is C14H20BrClN2. The van der Waals surface area contributed by atoms with E-state index in [1.54, 1.807) is 0 Å². The summed E-state index contributed by atoms with van der Waals surface area (Å²) in [5, 5.41) is 5.40. The highest BCUT2D eigenvalue weighted by Crippen LogP contribution is 2.24. The average molecular weight is 332 g/mol. The Labute approximate surface area is 123 Å². The highest BCUT2D eigenvalue weighted by atomic mass is 79.9. The van der Waals surface area contributed by atoms with Gasteiger partial charge in [0.1, 0.15) is 0 Å². The standard InChI is InChI=1S/C14H20BrClN2/c15-7-1-2-9-18-10-8-17-11-14(18)12-3-5-13(16)6-4-12/h3-6,14,17H,1-2,7-11H2. The molecule has 1 aliphatic heterocycles. The van der Waals surface area contributed by atoms with Crippen LogP contribution < -0.4 is 5.32 Å². The minimum atomic E-state index is 0.492. The topological polar surface area (TPSA) is 15.3 Å². The molecule has 0 saturated carbocycles. The molecule has 1 saturated heterocycles. The summed E-state index contributed by atoms with van der Waals surface area (Å²) >= 11 is 9.45. The van der Waals surface area contributed by atoms with E-state index < -0.39 is 0 Å². The van der Waals surface area contributed by atoms with Gasteiger partial charge in [0.05, 0.1) is 0 Å². The molecule has 1 N–H and O–H groups in total. The highest BCUT2D eigenvalue weighted by molar-refractivity contribution is 9.09. The van der Waals surface area contributed by atoms with Crippen molar-refractivity contribution >= 4 is 27.5 Å². The minimum absolute atomic E-state index is 0.492. The van der Waals surface area contributed by atoms with Gasteiger partial charge in [-0.15, -0.1) is 0 Å². The average Bonchev–Trinajstić information content (AvgIpc) is 2.41. The lowest BCUT2D eigenvalue weighted by molar-refractivity contribution is 0.160. The van der Waals surface area contributed by atoms with Crippen molar-refractivity contribution in [2.24, 2.45) is 0 Å². The van der Waals surface area contributed by atoms with Crippen LogP contribution in [0.2, 0.25) is 5.02 Å². The van der Waals surface area contributed by atoms with Crippen molar-refractivity contribution in [3.8, 4) is 0 Å². The van der Waals surface area contributed by atoms with Crippen molar-refractivity contribution in [2.45, 2.75) is 18.9 Å². The van der Waals surface area contributed by atoms with Gasteiger partial charge in [-0.3, -0.25) is 4.90 Å². The highest BCUT2D eigenvalue weighted by Gasteiger charge is 2.22. The maximum absolute atomic E-state index is 5.95. The van der Waals surface area contributed by atoms with E-state index in [1.165, 1.54) is 24.9 Å². The maximum atomic E-state index is 5.95. The summed E-state index contributed by atoms with van der Waals surface area (Å²) in [6, 6.07) is 8.77. The molecule has 0 amide bonds. The van der Waals surface area contributed by atoms with Crippen molar-refractivity contribution in [2.75, 3.05) is 31.5 Å². The summed E-state index contributed by atoms with van der Waals surface area (Å²) in [4.78, 5) is 2.59. The molecule has 0 bridgehead atoms. The number of benzene rings is 1. The van der Waals surface area contributed by atoms with Crippen LogP contribution in [0.15, 0.2) is 24.3 Å². The Bertz CT molecular complexity index is 355. The van der Waals surface area contributed by atoms with Crippen LogP contribution in [0.1, 0.15) is 24.4 Å². The van der Waals surface area contributed by atoms with Crippen molar-refractivity contribution < 1.29 is 0 Å². The molecule has 1 fully saturated rings. The molecule has 2 nitrogen and oxygen atoms in total.